The smallest absolute Gasteiger partial charge is 0.325 e. The van der Waals surface area contributed by atoms with Gasteiger partial charge in [-0.25, -0.2) is 9.98 Å². The number of nitrogens with zero attached hydrogens (tertiary/aromatic N) is 4. The predicted molar refractivity (Wildman–Crippen MR) is 164 cm³/mol. The van der Waals surface area contributed by atoms with E-state index >= 15 is 0 Å². The van der Waals surface area contributed by atoms with Crippen LogP contribution in [0.3, 0.4) is 0 Å². The molecule has 0 spiro atoms. The van der Waals surface area contributed by atoms with Crippen molar-refractivity contribution >= 4 is 95.6 Å². The second-order valence-electron chi connectivity index (χ2n) is 7.89. The highest BCUT2D eigenvalue weighted by atomic mass is 35.5. The maximum Gasteiger partial charge on any atom is 0.325 e. The molecular weight excluding hydrogens is 665 g/mol. The number of hydrogen-bond donors (Lipinski definition) is 2. The fraction of sp³-hybridized carbons (Fsp3) is 0.333. The van der Waals surface area contributed by atoms with Crippen LogP contribution in [0.1, 0.15) is 13.8 Å². The summed E-state index contributed by atoms with van der Waals surface area (Å²) in [6.45, 7) is 4.16. The van der Waals surface area contributed by atoms with E-state index in [2.05, 4.69) is 9.98 Å². The first-order valence-corrected chi connectivity index (χ1v) is 13.0. The topological polar surface area (TPSA) is 167 Å². The van der Waals surface area contributed by atoms with E-state index < -0.39 is 12.6 Å². The lowest BCUT2D eigenvalue weighted by atomic mass is 10.2. The van der Waals surface area contributed by atoms with Crippen LogP contribution < -0.4 is 32.6 Å². The van der Waals surface area contributed by atoms with Crippen molar-refractivity contribution in [3.63, 3.8) is 0 Å². The average molecular weight is 695 g/mol. The molecule has 17 heteroatoms. The summed E-state index contributed by atoms with van der Waals surface area (Å²) in [5.41, 5.74) is 11.7. The molecule has 11 nitrogen and oxygen atoms in total. The zero-order valence-corrected chi connectivity index (χ0v) is 26.5. The lowest BCUT2D eigenvalue weighted by Gasteiger charge is -2.26. The molecule has 41 heavy (non-hydrogen) atoms. The summed E-state index contributed by atoms with van der Waals surface area (Å²) >= 11 is 24.1. The normalized spacial score (nSPS) is 16.0. The number of benzene rings is 2. The van der Waals surface area contributed by atoms with Gasteiger partial charge in [0.15, 0.2) is 12.6 Å². The van der Waals surface area contributed by atoms with Gasteiger partial charge in [-0.3, -0.25) is 21.1 Å². The van der Waals surface area contributed by atoms with Gasteiger partial charge in [-0.15, -0.1) is 24.8 Å². The molecule has 2 heterocycles. The lowest BCUT2D eigenvalue weighted by molar-refractivity contribution is -0.144. The van der Waals surface area contributed by atoms with E-state index in [1.54, 1.807) is 60.3 Å². The lowest BCUT2D eigenvalue weighted by Crippen LogP contribution is -2.48. The van der Waals surface area contributed by atoms with Crippen molar-refractivity contribution < 1.29 is 24.5 Å². The molecule has 0 bridgehead atoms. The quantitative estimate of drug-likeness (QED) is 0.422. The van der Waals surface area contributed by atoms with Crippen molar-refractivity contribution in [2.24, 2.45) is 21.5 Å². The minimum Gasteiger partial charge on any atom is -0.465 e. The van der Waals surface area contributed by atoms with Crippen LogP contribution in [-0.2, 0) is 19.1 Å². The van der Waals surface area contributed by atoms with E-state index in [1.165, 1.54) is 0 Å². The number of ether oxygens (including phenoxy) is 2. The molecule has 0 aromatic heterocycles. The SMILES string of the molecule is CCOC(=O)CN1C=c2c(Cl)c(Cl)ccc2=NC1N.CCOC(=O)CN1C=c2c(Cl)c(Cl)ccc2=NC1N.Cl.Cl.O. The summed E-state index contributed by atoms with van der Waals surface area (Å²) in [5.74, 6) is -0.739. The Kier molecular flexibility index (Phi) is 16.9. The number of hydrogen-bond acceptors (Lipinski definition) is 10. The molecule has 2 aromatic carbocycles. The Morgan fingerprint density at radius 2 is 1.10 bits per heavy atom. The van der Waals surface area contributed by atoms with Gasteiger partial charge in [-0.05, 0) is 38.1 Å². The Morgan fingerprint density at radius 3 is 1.41 bits per heavy atom. The van der Waals surface area contributed by atoms with Gasteiger partial charge < -0.3 is 24.7 Å². The van der Waals surface area contributed by atoms with Gasteiger partial charge >= 0.3 is 11.9 Å². The van der Waals surface area contributed by atoms with Crippen LogP contribution in [0.5, 0.6) is 0 Å². The molecule has 2 aromatic rings. The van der Waals surface area contributed by atoms with Crippen molar-refractivity contribution in [1.29, 1.82) is 0 Å². The van der Waals surface area contributed by atoms with E-state index in [0.29, 0.717) is 54.5 Å². The number of fused-ring (bicyclic) bond motifs is 2. The van der Waals surface area contributed by atoms with Crippen LogP contribution >= 0.6 is 71.2 Å². The Labute approximate surface area is 268 Å². The highest BCUT2D eigenvalue weighted by molar-refractivity contribution is 6.42. The zero-order chi connectivity index (χ0) is 28.0. The van der Waals surface area contributed by atoms with Crippen LogP contribution in [-0.4, -0.2) is 66.1 Å². The monoisotopic (exact) mass is 692 g/mol. The van der Waals surface area contributed by atoms with Crippen LogP contribution in [0.15, 0.2) is 34.3 Å². The van der Waals surface area contributed by atoms with E-state index in [-0.39, 0.29) is 55.3 Å². The van der Waals surface area contributed by atoms with Crippen LogP contribution in [0.4, 0.5) is 0 Å². The van der Waals surface area contributed by atoms with Gasteiger partial charge in [0.1, 0.15) is 13.1 Å². The van der Waals surface area contributed by atoms with Gasteiger partial charge in [0.25, 0.3) is 0 Å². The maximum atomic E-state index is 11.5. The molecule has 0 saturated heterocycles. The van der Waals surface area contributed by atoms with Gasteiger partial charge in [0, 0.05) is 22.8 Å². The van der Waals surface area contributed by atoms with E-state index in [1.807, 2.05) is 0 Å². The number of nitrogens with two attached hydrogens (primary N) is 2. The average Bonchev–Trinajstić information content (AvgIpc) is 2.86. The highest BCUT2D eigenvalue weighted by Gasteiger charge is 2.19. The molecule has 2 aliphatic heterocycles. The summed E-state index contributed by atoms with van der Waals surface area (Å²) in [4.78, 5) is 34.6. The Bertz CT molecular complexity index is 1350. The summed E-state index contributed by atoms with van der Waals surface area (Å²) < 4.78 is 9.76. The first-order valence-electron chi connectivity index (χ1n) is 11.5. The molecule has 2 unspecified atom stereocenters. The predicted octanol–water partition coefficient (Wildman–Crippen LogP) is 0.963. The minimum atomic E-state index is -0.644. The van der Waals surface area contributed by atoms with Crippen LogP contribution in [0.25, 0.3) is 12.4 Å². The standard InChI is InChI=1S/2C12H13Cl2N3O2.2ClH.H2O/c2*1-2-19-10(18)6-17-5-7-9(16-12(17)15)4-3-8(13)11(7)14;;;/h2*3-5,12H,2,6,15H2,1H3;2*1H;1H2. The number of carbonyl (C=O) groups excluding carboxylic acids is 2. The molecule has 0 aliphatic carbocycles. The molecule has 0 saturated carbocycles. The zero-order valence-electron chi connectivity index (χ0n) is 21.9. The first-order chi connectivity index (χ1) is 18.0. The Hall–Kier alpha value is -2.06. The third-order valence-corrected chi connectivity index (χ3v) is 6.90. The van der Waals surface area contributed by atoms with E-state index in [4.69, 9.17) is 67.3 Å². The van der Waals surface area contributed by atoms with Gasteiger partial charge in [-0.2, -0.15) is 0 Å². The first kappa shape index (κ1) is 38.9. The van der Waals surface area contributed by atoms with Crippen molar-refractivity contribution in [3.8, 4) is 0 Å². The van der Waals surface area contributed by atoms with Crippen LogP contribution in [0.2, 0.25) is 20.1 Å². The number of esters is 2. The summed E-state index contributed by atoms with van der Waals surface area (Å²) in [5, 5.41) is 4.26. The fourth-order valence-corrected chi connectivity index (χ4v) is 4.24. The maximum absolute atomic E-state index is 11.5. The van der Waals surface area contributed by atoms with Crippen molar-refractivity contribution in [1.82, 2.24) is 9.80 Å². The van der Waals surface area contributed by atoms with Crippen molar-refractivity contribution in [2.45, 2.75) is 26.4 Å². The van der Waals surface area contributed by atoms with Gasteiger partial charge in [0.05, 0.1) is 44.0 Å². The number of rotatable bonds is 6. The largest absolute Gasteiger partial charge is 0.465 e. The third-order valence-electron chi connectivity index (χ3n) is 5.27. The van der Waals surface area contributed by atoms with Crippen molar-refractivity contribution in [2.75, 3.05) is 26.3 Å². The molecule has 228 valence electrons. The fourth-order valence-electron chi connectivity index (χ4n) is 3.49. The molecule has 2 aliphatic rings. The Balaban J connectivity index is 0.000000727. The molecular formula is C24H30Cl6N6O5. The molecule has 4 rings (SSSR count). The molecule has 0 radical (unpaired) electrons. The second-order valence-corrected chi connectivity index (χ2v) is 9.46. The second kappa shape index (κ2) is 17.8. The molecule has 6 N–H and O–H groups in total. The van der Waals surface area contributed by atoms with E-state index in [9.17, 15) is 9.59 Å². The molecule has 2 atom stereocenters. The number of carbonyl (C=O) groups is 2. The highest BCUT2D eigenvalue weighted by Crippen LogP contribution is 2.17. The van der Waals surface area contributed by atoms with Gasteiger partial charge in [0.2, 0.25) is 0 Å². The minimum absolute atomic E-state index is 0. The molecule has 0 amide bonds. The summed E-state index contributed by atoms with van der Waals surface area (Å²) in [6.07, 6.45) is 2.07. The summed E-state index contributed by atoms with van der Waals surface area (Å²) in [7, 11) is 0. The molecule has 0 fully saturated rings. The third kappa shape index (κ3) is 10.0. The summed E-state index contributed by atoms with van der Waals surface area (Å²) in [6, 6.07) is 6.80. The van der Waals surface area contributed by atoms with E-state index in [0.717, 1.165) is 0 Å². The van der Waals surface area contributed by atoms with Crippen LogP contribution in [0, 0.1) is 0 Å². The Morgan fingerprint density at radius 1 is 0.756 bits per heavy atom. The van der Waals surface area contributed by atoms with Crippen molar-refractivity contribution in [3.05, 3.63) is 65.5 Å². The number of halogens is 6. The van der Waals surface area contributed by atoms with Gasteiger partial charge in [-0.1, -0.05) is 46.4 Å².